The molecule has 0 radical (unpaired) electrons. The van der Waals surface area contributed by atoms with Crippen LogP contribution in [0.5, 0.6) is 5.75 Å². The molecule has 0 saturated carbocycles. The van der Waals surface area contributed by atoms with Crippen LogP contribution in [0.15, 0.2) is 46.9 Å². The number of hydrogen-bond donors (Lipinski definition) is 2. The predicted octanol–water partition coefficient (Wildman–Crippen LogP) is 5.84. The Hall–Kier alpha value is -1.85. The van der Waals surface area contributed by atoms with Crippen molar-refractivity contribution in [1.29, 1.82) is 0 Å². The highest BCUT2D eigenvalue weighted by molar-refractivity contribution is 9.10. The Labute approximate surface area is 177 Å². The van der Waals surface area contributed by atoms with Gasteiger partial charge in [-0.3, -0.25) is 4.79 Å². The Bertz CT molecular complexity index is 732. The number of ether oxygens (including phenoxy) is 1. The van der Waals surface area contributed by atoms with Gasteiger partial charge in [-0.05, 0) is 50.2 Å². The maximum Gasteiger partial charge on any atom is 0.262 e. The van der Waals surface area contributed by atoms with Crippen LogP contribution in [0.25, 0.3) is 0 Å². The van der Waals surface area contributed by atoms with Crippen LogP contribution in [-0.2, 0) is 11.3 Å². The lowest BCUT2D eigenvalue weighted by Crippen LogP contribution is -2.21. The fraction of sp³-hybridized carbons (Fsp3) is 0.435. The van der Waals surface area contributed by atoms with Crippen molar-refractivity contribution in [1.82, 2.24) is 5.32 Å². The number of benzene rings is 2. The van der Waals surface area contributed by atoms with Gasteiger partial charge in [0.2, 0.25) is 0 Å². The average molecular weight is 447 g/mol. The van der Waals surface area contributed by atoms with E-state index < -0.39 is 0 Å². The number of amides is 1. The Kier molecular flexibility index (Phi) is 10.1. The summed E-state index contributed by atoms with van der Waals surface area (Å²) in [7, 11) is 0. The summed E-state index contributed by atoms with van der Waals surface area (Å²) in [5, 5.41) is 6.34. The molecule has 0 aliphatic carbocycles. The van der Waals surface area contributed by atoms with Gasteiger partial charge in [0.15, 0.2) is 6.61 Å². The Morgan fingerprint density at radius 1 is 1.04 bits per heavy atom. The van der Waals surface area contributed by atoms with Crippen molar-refractivity contribution in [2.75, 3.05) is 18.5 Å². The molecule has 0 saturated heterocycles. The monoisotopic (exact) mass is 446 g/mol. The number of hydrogen-bond acceptors (Lipinski definition) is 3. The standard InChI is InChI=1S/C23H31BrN2O2/c1-3-4-5-6-7-14-25-16-19-15-20(24)10-13-22(19)28-17-23(27)26-21-11-8-18(2)9-12-21/h8-13,15,25H,3-7,14,16-17H2,1-2H3,(H,26,27). The lowest BCUT2D eigenvalue weighted by atomic mass is 10.1. The Balaban J connectivity index is 1.80. The second-order valence-corrected chi connectivity index (χ2v) is 7.96. The zero-order valence-corrected chi connectivity index (χ0v) is 18.5. The normalized spacial score (nSPS) is 10.7. The molecule has 0 aliphatic heterocycles. The number of unbranched alkanes of at least 4 members (excludes halogenated alkanes) is 4. The van der Waals surface area contributed by atoms with E-state index in [0.29, 0.717) is 0 Å². The molecule has 2 aromatic rings. The first kappa shape index (κ1) is 22.4. The molecule has 0 unspecified atom stereocenters. The minimum absolute atomic E-state index is 0.0144. The SMILES string of the molecule is CCCCCCCNCc1cc(Br)ccc1OCC(=O)Nc1ccc(C)cc1. The minimum Gasteiger partial charge on any atom is -0.483 e. The van der Waals surface area contributed by atoms with Crippen LogP contribution in [0.2, 0.25) is 0 Å². The minimum atomic E-state index is -0.165. The van der Waals surface area contributed by atoms with Crippen LogP contribution in [0.4, 0.5) is 5.69 Å². The first-order chi connectivity index (χ1) is 13.6. The van der Waals surface area contributed by atoms with Gasteiger partial charge in [0.05, 0.1) is 0 Å². The van der Waals surface area contributed by atoms with Crippen molar-refractivity contribution >= 4 is 27.5 Å². The number of carbonyl (C=O) groups is 1. The number of halogens is 1. The zero-order valence-electron chi connectivity index (χ0n) is 16.9. The molecule has 4 nitrogen and oxygen atoms in total. The van der Waals surface area contributed by atoms with E-state index in [4.69, 9.17) is 4.74 Å². The van der Waals surface area contributed by atoms with Gasteiger partial charge in [0.1, 0.15) is 5.75 Å². The van der Waals surface area contributed by atoms with Crippen LogP contribution in [-0.4, -0.2) is 19.1 Å². The van der Waals surface area contributed by atoms with Gasteiger partial charge in [-0.15, -0.1) is 0 Å². The van der Waals surface area contributed by atoms with Crippen molar-refractivity contribution in [3.8, 4) is 5.75 Å². The van der Waals surface area contributed by atoms with E-state index in [1.807, 2.05) is 49.4 Å². The van der Waals surface area contributed by atoms with Gasteiger partial charge < -0.3 is 15.4 Å². The first-order valence-electron chi connectivity index (χ1n) is 10.1. The molecule has 0 aromatic heterocycles. The van der Waals surface area contributed by atoms with E-state index in [9.17, 15) is 4.79 Å². The molecule has 2 aromatic carbocycles. The van der Waals surface area contributed by atoms with Crippen LogP contribution < -0.4 is 15.4 Å². The average Bonchev–Trinajstić information content (AvgIpc) is 2.68. The molecule has 0 fully saturated rings. The lowest BCUT2D eigenvalue weighted by molar-refractivity contribution is -0.118. The smallest absolute Gasteiger partial charge is 0.262 e. The summed E-state index contributed by atoms with van der Waals surface area (Å²) in [6.07, 6.45) is 6.34. The molecule has 0 aliphatic rings. The number of nitrogens with one attached hydrogen (secondary N) is 2. The van der Waals surface area contributed by atoms with Gasteiger partial charge in [0, 0.05) is 22.3 Å². The third-order valence-corrected chi connectivity index (χ3v) is 4.98. The number of anilines is 1. The van der Waals surface area contributed by atoms with Gasteiger partial charge in [-0.25, -0.2) is 0 Å². The van der Waals surface area contributed by atoms with E-state index in [1.165, 1.54) is 32.1 Å². The summed E-state index contributed by atoms with van der Waals surface area (Å²) in [6.45, 7) is 5.95. The highest BCUT2D eigenvalue weighted by Gasteiger charge is 2.08. The second-order valence-electron chi connectivity index (χ2n) is 7.05. The quantitative estimate of drug-likeness (QED) is 0.402. The fourth-order valence-corrected chi connectivity index (χ4v) is 3.29. The highest BCUT2D eigenvalue weighted by Crippen LogP contribution is 2.23. The molecular weight excluding hydrogens is 416 g/mol. The molecule has 5 heteroatoms. The van der Waals surface area contributed by atoms with Crippen LogP contribution in [0.1, 0.15) is 50.2 Å². The maximum atomic E-state index is 12.2. The molecular formula is C23H31BrN2O2. The van der Waals surface area contributed by atoms with Crippen LogP contribution >= 0.6 is 15.9 Å². The predicted molar refractivity (Wildman–Crippen MR) is 120 cm³/mol. The van der Waals surface area contributed by atoms with Crippen molar-refractivity contribution < 1.29 is 9.53 Å². The highest BCUT2D eigenvalue weighted by atomic mass is 79.9. The second kappa shape index (κ2) is 12.6. The van der Waals surface area contributed by atoms with E-state index in [0.717, 1.165) is 40.1 Å². The molecule has 1 amide bonds. The molecule has 28 heavy (non-hydrogen) atoms. The number of aryl methyl sites for hydroxylation is 1. The summed E-state index contributed by atoms with van der Waals surface area (Å²) < 4.78 is 6.79. The largest absolute Gasteiger partial charge is 0.483 e. The third-order valence-electron chi connectivity index (χ3n) is 4.49. The Morgan fingerprint density at radius 2 is 1.79 bits per heavy atom. The molecule has 2 rings (SSSR count). The van der Waals surface area contributed by atoms with Gasteiger partial charge in [-0.2, -0.15) is 0 Å². The van der Waals surface area contributed by atoms with Gasteiger partial charge >= 0.3 is 0 Å². The van der Waals surface area contributed by atoms with Crippen LogP contribution in [0.3, 0.4) is 0 Å². The fourth-order valence-electron chi connectivity index (χ4n) is 2.88. The topological polar surface area (TPSA) is 50.4 Å². The molecule has 0 heterocycles. The summed E-state index contributed by atoms with van der Waals surface area (Å²) in [5.74, 6) is 0.572. The Morgan fingerprint density at radius 3 is 2.54 bits per heavy atom. The zero-order chi connectivity index (χ0) is 20.2. The molecule has 0 atom stereocenters. The van der Waals surface area contributed by atoms with Crippen molar-refractivity contribution in [3.05, 3.63) is 58.1 Å². The van der Waals surface area contributed by atoms with Crippen LogP contribution in [0, 0.1) is 6.92 Å². The van der Waals surface area contributed by atoms with E-state index >= 15 is 0 Å². The molecule has 2 N–H and O–H groups in total. The van der Waals surface area contributed by atoms with E-state index in [2.05, 4.69) is 33.5 Å². The van der Waals surface area contributed by atoms with Crippen molar-refractivity contribution in [2.45, 2.75) is 52.5 Å². The van der Waals surface area contributed by atoms with Crippen molar-refractivity contribution in [2.24, 2.45) is 0 Å². The maximum absolute atomic E-state index is 12.2. The first-order valence-corrected chi connectivity index (χ1v) is 10.9. The number of carbonyl (C=O) groups excluding carboxylic acids is 1. The lowest BCUT2D eigenvalue weighted by Gasteiger charge is -2.13. The number of rotatable bonds is 12. The van der Waals surface area contributed by atoms with E-state index in [-0.39, 0.29) is 12.5 Å². The van der Waals surface area contributed by atoms with Gasteiger partial charge in [0.25, 0.3) is 5.91 Å². The molecule has 152 valence electrons. The van der Waals surface area contributed by atoms with E-state index in [1.54, 1.807) is 0 Å². The van der Waals surface area contributed by atoms with Gasteiger partial charge in [-0.1, -0.05) is 66.2 Å². The molecule has 0 spiro atoms. The summed E-state index contributed by atoms with van der Waals surface area (Å²) in [6, 6.07) is 13.6. The van der Waals surface area contributed by atoms with Crippen molar-refractivity contribution in [3.63, 3.8) is 0 Å². The summed E-state index contributed by atoms with van der Waals surface area (Å²) in [4.78, 5) is 12.2. The molecule has 0 bridgehead atoms. The summed E-state index contributed by atoms with van der Waals surface area (Å²) >= 11 is 3.51. The summed E-state index contributed by atoms with van der Waals surface area (Å²) in [5.41, 5.74) is 2.98. The third kappa shape index (κ3) is 8.44.